The van der Waals surface area contributed by atoms with Crippen LogP contribution in [0, 0.1) is 0 Å². The van der Waals surface area contributed by atoms with Gasteiger partial charge in [-0.05, 0) is 20.3 Å². The number of carbonyl (C=O) groups excluding carboxylic acids is 3. The van der Waals surface area contributed by atoms with E-state index < -0.39 is 42.4 Å². The lowest BCUT2D eigenvalue weighted by molar-refractivity contribution is -0.149. The van der Waals surface area contributed by atoms with Crippen LogP contribution in [0.4, 0.5) is 0 Å². The molecule has 0 aromatic heterocycles. The lowest BCUT2D eigenvalue weighted by Crippen LogP contribution is -2.49. The summed E-state index contributed by atoms with van der Waals surface area (Å²) in [5, 5.41) is 13.0. The number of carbonyl (C=O) groups is 4. The van der Waals surface area contributed by atoms with Crippen molar-refractivity contribution in [3.05, 3.63) is 0 Å². The van der Waals surface area contributed by atoms with Crippen LogP contribution < -0.4 is 16.4 Å². The molecule has 2 atom stereocenters. The smallest absolute Gasteiger partial charge is 0.323 e. The predicted octanol–water partition coefficient (Wildman–Crippen LogP) is -1.34. The van der Waals surface area contributed by atoms with Crippen LogP contribution >= 0.6 is 12.6 Å². The molecule has 0 saturated carbocycles. The van der Waals surface area contributed by atoms with Gasteiger partial charge in [0, 0.05) is 12.2 Å². The van der Waals surface area contributed by atoms with Crippen molar-refractivity contribution in [3.63, 3.8) is 0 Å². The number of nitrogens with one attached hydrogen (secondary N) is 2. The van der Waals surface area contributed by atoms with Crippen molar-refractivity contribution in [2.24, 2.45) is 5.73 Å². The van der Waals surface area contributed by atoms with Crippen LogP contribution in [0.3, 0.4) is 0 Å². The van der Waals surface area contributed by atoms with E-state index in [1.165, 1.54) is 0 Å². The van der Waals surface area contributed by atoms with E-state index in [0.717, 1.165) is 0 Å². The van der Waals surface area contributed by atoms with Gasteiger partial charge in [0.2, 0.25) is 11.8 Å². The van der Waals surface area contributed by atoms with Crippen molar-refractivity contribution >= 4 is 36.4 Å². The van der Waals surface area contributed by atoms with Crippen LogP contribution in [0.15, 0.2) is 0 Å². The summed E-state index contributed by atoms with van der Waals surface area (Å²) in [6.07, 6.45) is -0.313. The number of amides is 2. The standard InChI is InChI=1S/C13H23N3O6S/c1-7(2)22-13(21)8(14)3-4-10(17)16-9(6-23)12(20)15-5-11(18)19/h7-9,23H,3-6,14H2,1-2H3,(H,15,20)(H,16,17)(H,18,19). The SMILES string of the molecule is CC(C)OC(=O)C(N)CCC(=O)NC(CS)C(=O)NCC(=O)O. The average Bonchev–Trinajstić information content (AvgIpc) is 2.46. The molecule has 2 amide bonds. The van der Waals surface area contributed by atoms with Crippen molar-refractivity contribution in [2.75, 3.05) is 12.3 Å². The predicted molar refractivity (Wildman–Crippen MR) is 84.9 cm³/mol. The van der Waals surface area contributed by atoms with Gasteiger partial charge in [0.1, 0.15) is 18.6 Å². The van der Waals surface area contributed by atoms with Crippen molar-refractivity contribution < 1.29 is 29.0 Å². The van der Waals surface area contributed by atoms with Gasteiger partial charge < -0.3 is 26.2 Å². The highest BCUT2D eigenvalue weighted by atomic mass is 32.1. The van der Waals surface area contributed by atoms with E-state index in [1.807, 2.05) is 0 Å². The molecule has 0 radical (unpaired) electrons. The molecule has 23 heavy (non-hydrogen) atoms. The first-order chi connectivity index (χ1) is 10.7. The Balaban J connectivity index is 4.27. The molecule has 0 bridgehead atoms. The van der Waals surface area contributed by atoms with Crippen LogP contribution in [0.25, 0.3) is 0 Å². The molecule has 0 aliphatic rings. The third-order valence-electron chi connectivity index (χ3n) is 2.59. The molecule has 0 aromatic carbocycles. The number of carboxylic acids is 1. The first-order valence-corrected chi connectivity index (χ1v) is 7.66. The molecule has 132 valence electrons. The zero-order valence-corrected chi connectivity index (χ0v) is 14.0. The Bertz CT molecular complexity index is 443. The van der Waals surface area contributed by atoms with E-state index >= 15 is 0 Å². The number of esters is 1. The molecule has 0 fully saturated rings. The zero-order chi connectivity index (χ0) is 18.0. The van der Waals surface area contributed by atoms with E-state index in [2.05, 4.69) is 23.3 Å². The Morgan fingerprint density at radius 3 is 2.35 bits per heavy atom. The van der Waals surface area contributed by atoms with E-state index in [4.69, 9.17) is 15.6 Å². The maximum atomic E-state index is 11.8. The summed E-state index contributed by atoms with van der Waals surface area (Å²) >= 11 is 3.93. The molecule has 5 N–H and O–H groups in total. The topological polar surface area (TPSA) is 148 Å². The van der Waals surface area contributed by atoms with Gasteiger partial charge in [0.15, 0.2) is 0 Å². The molecule has 0 saturated heterocycles. The normalized spacial score (nSPS) is 13.1. The Hall–Kier alpha value is -1.81. The second-order valence-electron chi connectivity index (χ2n) is 5.05. The number of thiol groups is 1. The number of aliphatic carboxylic acids is 1. The van der Waals surface area contributed by atoms with Gasteiger partial charge >= 0.3 is 11.9 Å². The summed E-state index contributed by atoms with van der Waals surface area (Å²) in [6.45, 7) is 2.82. The Kier molecular flexibility index (Phi) is 9.99. The summed E-state index contributed by atoms with van der Waals surface area (Å²) in [5.74, 6) is -2.95. The molecule has 10 heteroatoms. The van der Waals surface area contributed by atoms with Gasteiger partial charge in [0.05, 0.1) is 6.10 Å². The number of carboxylic acid groups (broad SMARTS) is 1. The minimum atomic E-state index is -1.20. The average molecular weight is 349 g/mol. The maximum Gasteiger partial charge on any atom is 0.323 e. The van der Waals surface area contributed by atoms with Crippen LogP contribution in [0.5, 0.6) is 0 Å². The molecule has 0 aliphatic heterocycles. The van der Waals surface area contributed by atoms with Crippen molar-refractivity contribution in [2.45, 2.75) is 44.9 Å². The minimum Gasteiger partial charge on any atom is -0.480 e. The molecule has 0 spiro atoms. The van der Waals surface area contributed by atoms with Crippen LogP contribution in [0.2, 0.25) is 0 Å². The fraction of sp³-hybridized carbons (Fsp3) is 0.692. The Morgan fingerprint density at radius 1 is 1.26 bits per heavy atom. The number of rotatable bonds is 10. The monoisotopic (exact) mass is 349 g/mol. The number of nitrogens with two attached hydrogens (primary N) is 1. The molecule has 9 nitrogen and oxygen atoms in total. The number of ether oxygens (including phenoxy) is 1. The van der Waals surface area contributed by atoms with E-state index in [9.17, 15) is 19.2 Å². The van der Waals surface area contributed by atoms with E-state index in [1.54, 1.807) is 13.8 Å². The third kappa shape index (κ3) is 9.74. The second kappa shape index (κ2) is 10.8. The van der Waals surface area contributed by atoms with Crippen molar-refractivity contribution in [1.29, 1.82) is 0 Å². The maximum absolute atomic E-state index is 11.8. The van der Waals surface area contributed by atoms with Crippen molar-refractivity contribution in [3.8, 4) is 0 Å². The zero-order valence-electron chi connectivity index (χ0n) is 13.1. The van der Waals surface area contributed by atoms with Gasteiger partial charge in [-0.2, -0.15) is 12.6 Å². The molecule has 0 heterocycles. The highest BCUT2D eigenvalue weighted by molar-refractivity contribution is 7.80. The highest BCUT2D eigenvalue weighted by Gasteiger charge is 2.22. The van der Waals surface area contributed by atoms with Gasteiger partial charge in [-0.25, -0.2) is 0 Å². The fourth-order valence-corrected chi connectivity index (χ4v) is 1.73. The van der Waals surface area contributed by atoms with Crippen LogP contribution in [0.1, 0.15) is 26.7 Å². The lowest BCUT2D eigenvalue weighted by Gasteiger charge is -2.17. The van der Waals surface area contributed by atoms with Gasteiger partial charge in [-0.1, -0.05) is 0 Å². The van der Waals surface area contributed by atoms with E-state index in [0.29, 0.717) is 0 Å². The summed E-state index contributed by atoms with van der Waals surface area (Å²) in [7, 11) is 0. The lowest BCUT2D eigenvalue weighted by atomic mass is 10.1. The Morgan fingerprint density at radius 2 is 1.87 bits per heavy atom. The first kappa shape index (κ1) is 21.2. The molecule has 0 aliphatic carbocycles. The highest BCUT2D eigenvalue weighted by Crippen LogP contribution is 2.01. The third-order valence-corrected chi connectivity index (χ3v) is 2.95. The number of hydrogen-bond donors (Lipinski definition) is 5. The summed E-state index contributed by atoms with van der Waals surface area (Å²) in [5.41, 5.74) is 5.60. The van der Waals surface area contributed by atoms with Gasteiger partial charge in [-0.3, -0.25) is 19.2 Å². The van der Waals surface area contributed by atoms with E-state index in [-0.39, 0.29) is 24.7 Å². The minimum absolute atomic E-state index is 0.00135. The molecular weight excluding hydrogens is 326 g/mol. The molecule has 0 rings (SSSR count). The summed E-state index contributed by atoms with van der Waals surface area (Å²) in [4.78, 5) is 45.3. The second-order valence-corrected chi connectivity index (χ2v) is 5.41. The number of hydrogen-bond acceptors (Lipinski definition) is 7. The van der Waals surface area contributed by atoms with Crippen molar-refractivity contribution in [1.82, 2.24) is 10.6 Å². The largest absolute Gasteiger partial charge is 0.480 e. The van der Waals surface area contributed by atoms with Gasteiger partial charge in [0.25, 0.3) is 0 Å². The Labute approximate surface area is 139 Å². The molecule has 2 unspecified atom stereocenters. The van der Waals surface area contributed by atoms with Gasteiger partial charge in [-0.15, -0.1) is 0 Å². The summed E-state index contributed by atoms with van der Waals surface area (Å²) < 4.78 is 4.91. The first-order valence-electron chi connectivity index (χ1n) is 7.03. The van der Waals surface area contributed by atoms with Crippen LogP contribution in [-0.2, 0) is 23.9 Å². The fourth-order valence-electron chi connectivity index (χ4n) is 1.47. The van der Waals surface area contributed by atoms with Crippen LogP contribution in [-0.4, -0.2) is 59.3 Å². The summed E-state index contributed by atoms with van der Waals surface area (Å²) in [6, 6.07) is -1.90. The molecular formula is C13H23N3O6S. The molecule has 0 aromatic rings. The quantitative estimate of drug-likeness (QED) is 0.242.